The van der Waals surface area contributed by atoms with Crippen molar-refractivity contribution in [1.29, 1.82) is 0 Å². The maximum atomic E-state index is 12.5. The molecule has 5 nitrogen and oxygen atoms in total. The molecule has 0 aliphatic carbocycles. The van der Waals surface area contributed by atoms with E-state index in [4.69, 9.17) is 0 Å². The van der Waals surface area contributed by atoms with Gasteiger partial charge < -0.3 is 10.6 Å². The standard InChI is InChI=1S/C19H38F3N5.HI/c1-6-23-18(24-9-7-10-27(15(2)3)16(4)5)25-12-17-8-11-26(13-17)14-19(20,21)22;/h15-17H,6-14H2,1-5H3,(H2,23,24,25);1H. The van der Waals surface area contributed by atoms with Gasteiger partial charge in [-0.15, -0.1) is 24.0 Å². The van der Waals surface area contributed by atoms with Crippen molar-refractivity contribution in [2.45, 2.75) is 65.7 Å². The summed E-state index contributed by atoms with van der Waals surface area (Å²) >= 11 is 0. The molecule has 1 fully saturated rings. The summed E-state index contributed by atoms with van der Waals surface area (Å²) in [7, 11) is 0. The third-order valence-corrected chi connectivity index (χ3v) is 4.84. The lowest BCUT2D eigenvalue weighted by molar-refractivity contribution is -0.143. The van der Waals surface area contributed by atoms with E-state index in [0.29, 0.717) is 31.7 Å². The largest absolute Gasteiger partial charge is 0.401 e. The number of rotatable bonds is 10. The van der Waals surface area contributed by atoms with Crippen molar-refractivity contribution in [3.8, 4) is 0 Å². The fourth-order valence-corrected chi connectivity index (χ4v) is 3.60. The number of guanidine groups is 1. The molecule has 0 aromatic heterocycles. The molecule has 1 aliphatic rings. The second-order valence-corrected chi connectivity index (χ2v) is 7.93. The van der Waals surface area contributed by atoms with Crippen molar-refractivity contribution in [3.63, 3.8) is 0 Å². The van der Waals surface area contributed by atoms with Gasteiger partial charge in [-0.05, 0) is 59.9 Å². The van der Waals surface area contributed by atoms with E-state index in [1.165, 1.54) is 4.90 Å². The fourth-order valence-electron chi connectivity index (χ4n) is 3.60. The summed E-state index contributed by atoms with van der Waals surface area (Å²) in [5.74, 6) is 0.951. The Hall–Kier alpha value is -0.290. The zero-order valence-electron chi connectivity index (χ0n) is 18.0. The number of likely N-dealkylation sites (tertiary alicyclic amines) is 1. The third-order valence-electron chi connectivity index (χ3n) is 4.84. The number of hydrogen-bond acceptors (Lipinski definition) is 3. The molecular weight excluding hydrogens is 482 g/mol. The summed E-state index contributed by atoms with van der Waals surface area (Å²) in [6.07, 6.45) is -2.32. The molecule has 2 N–H and O–H groups in total. The Bertz CT molecular complexity index is 436. The zero-order chi connectivity index (χ0) is 20.4. The topological polar surface area (TPSA) is 42.9 Å². The first kappa shape index (κ1) is 27.7. The van der Waals surface area contributed by atoms with Crippen molar-refractivity contribution >= 4 is 29.9 Å². The molecule has 168 valence electrons. The predicted molar refractivity (Wildman–Crippen MR) is 122 cm³/mol. The summed E-state index contributed by atoms with van der Waals surface area (Å²) in [4.78, 5) is 8.52. The molecule has 1 unspecified atom stereocenters. The van der Waals surface area contributed by atoms with Gasteiger partial charge in [0.1, 0.15) is 0 Å². The molecule has 0 bridgehead atoms. The number of nitrogens with one attached hydrogen (secondary N) is 2. The average molecular weight is 521 g/mol. The highest BCUT2D eigenvalue weighted by atomic mass is 127. The molecule has 0 aromatic carbocycles. The highest BCUT2D eigenvalue weighted by Gasteiger charge is 2.34. The molecule has 1 aliphatic heterocycles. The maximum absolute atomic E-state index is 12.5. The smallest absolute Gasteiger partial charge is 0.357 e. The minimum atomic E-state index is -4.12. The van der Waals surface area contributed by atoms with Crippen molar-refractivity contribution in [2.75, 3.05) is 45.8 Å². The molecule has 0 aromatic rings. The van der Waals surface area contributed by atoms with Crippen LogP contribution in [0.15, 0.2) is 4.99 Å². The van der Waals surface area contributed by atoms with Crippen LogP contribution in [-0.2, 0) is 0 Å². The minimum absolute atomic E-state index is 0. The predicted octanol–water partition coefficient (Wildman–Crippen LogP) is 3.55. The van der Waals surface area contributed by atoms with E-state index in [9.17, 15) is 13.2 Å². The van der Waals surface area contributed by atoms with E-state index in [1.54, 1.807) is 0 Å². The number of hydrogen-bond donors (Lipinski definition) is 2. The second-order valence-electron chi connectivity index (χ2n) is 7.93. The molecule has 0 spiro atoms. The SMILES string of the molecule is CCNC(=NCC1CCN(CC(F)(F)F)C1)NCCCN(C(C)C)C(C)C.I. The summed E-state index contributed by atoms with van der Waals surface area (Å²) in [6.45, 7) is 14.2. The molecule has 1 rings (SSSR count). The number of halogens is 4. The van der Waals surface area contributed by atoms with E-state index in [0.717, 1.165) is 38.4 Å². The summed E-state index contributed by atoms with van der Waals surface area (Å²) < 4.78 is 37.5. The Balaban J connectivity index is 0.00000729. The highest BCUT2D eigenvalue weighted by Crippen LogP contribution is 2.22. The highest BCUT2D eigenvalue weighted by molar-refractivity contribution is 14.0. The normalized spacial score (nSPS) is 18.8. The van der Waals surface area contributed by atoms with Crippen molar-refractivity contribution < 1.29 is 13.2 Å². The molecule has 1 atom stereocenters. The Morgan fingerprint density at radius 2 is 1.82 bits per heavy atom. The van der Waals surface area contributed by atoms with Gasteiger partial charge in [-0.2, -0.15) is 13.2 Å². The van der Waals surface area contributed by atoms with Gasteiger partial charge >= 0.3 is 6.18 Å². The van der Waals surface area contributed by atoms with E-state index < -0.39 is 12.7 Å². The molecule has 1 heterocycles. The Kier molecular flexibility index (Phi) is 13.7. The molecular formula is C19H39F3IN5. The third kappa shape index (κ3) is 11.6. The van der Waals surface area contributed by atoms with Gasteiger partial charge in [-0.25, -0.2) is 0 Å². The van der Waals surface area contributed by atoms with E-state index >= 15 is 0 Å². The van der Waals surface area contributed by atoms with Crippen molar-refractivity contribution in [3.05, 3.63) is 0 Å². The van der Waals surface area contributed by atoms with Gasteiger partial charge in [0.25, 0.3) is 0 Å². The lowest BCUT2D eigenvalue weighted by Crippen LogP contribution is -2.41. The van der Waals surface area contributed by atoms with Crippen LogP contribution in [0.1, 0.15) is 47.5 Å². The van der Waals surface area contributed by atoms with Crippen molar-refractivity contribution in [1.82, 2.24) is 20.4 Å². The molecule has 28 heavy (non-hydrogen) atoms. The lowest BCUT2D eigenvalue weighted by Gasteiger charge is -2.30. The Morgan fingerprint density at radius 3 is 2.36 bits per heavy atom. The molecule has 0 saturated carbocycles. The van der Waals surface area contributed by atoms with Gasteiger partial charge in [0.2, 0.25) is 0 Å². The van der Waals surface area contributed by atoms with Gasteiger partial charge in [0.15, 0.2) is 5.96 Å². The zero-order valence-corrected chi connectivity index (χ0v) is 20.3. The first-order chi connectivity index (χ1) is 12.6. The van der Waals surface area contributed by atoms with Crippen LogP contribution >= 0.6 is 24.0 Å². The number of aliphatic imine (C=N–C) groups is 1. The van der Waals surface area contributed by atoms with Gasteiger partial charge in [0.05, 0.1) is 6.54 Å². The quantitative estimate of drug-likeness (QED) is 0.200. The maximum Gasteiger partial charge on any atom is 0.401 e. The van der Waals surface area contributed by atoms with E-state index in [2.05, 4.69) is 48.2 Å². The number of nitrogens with zero attached hydrogens (tertiary/aromatic N) is 3. The average Bonchev–Trinajstić information content (AvgIpc) is 2.96. The van der Waals surface area contributed by atoms with Gasteiger partial charge in [0, 0.05) is 44.8 Å². The number of alkyl halides is 3. The minimum Gasteiger partial charge on any atom is -0.357 e. The van der Waals surface area contributed by atoms with Crippen LogP contribution in [0, 0.1) is 5.92 Å². The van der Waals surface area contributed by atoms with Crippen LogP contribution in [0.2, 0.25) is 0 Å². The molecule has 1 saturated heterocycles. The van der Waals surface area contributed by atoms with Crippen LogP contribution in [0.4, 0.5) is 13.2 Å². The second kappa shape index (κ2) is 13.8. The van der Waals surface area contributed by atoms with Crippen molar-refractivity contribution in [2.24, 2.45) is 10.9 Å². The monoisotopic (exact) mass is 521 g/mol. The van der Waals surface area contributed by atoms with Crippen LogP contribution in [0.25, 0.3) is 0 Å². The summed E-state index contributed by atoms with van der Waals surface area (Å²) in [5, 5.41) is 6.57. The van der Waals surface area contributed by atoms with Crippen LogP contribution < -0.4 is 10.6 Å². The van der Waals surface area contributed by atoms with Crippen LogP contribution in [0.3, 0.4) is 0 Å². The van der Waals surface area contributed by atoms with E-state index in [1.807, 2.05) is 6.92 Å². The fraction of sp³-hybridized carbons (Fsp3) is 0.947. The van der Waals surface area contributed by atoms with Crippen LogP contribution in [0.5, 0.6) is 0 Å². The summed E-state index contributed by atoms with van der Waals surface area (Å²) in [6, 6.07) is 1.04. The van der Waals surface area contributed by atoms with Crippen LogP contribution in [-0.4, -0.2) is 79.8 Å². The van der Waals surface area contributed by atoms with Gasteiger partial charge in [-0.1, -0.05) is 0 Å². The Labute approximate surface area is 185 Å². The summed E-state index contributed by atoms with van der Waals surface area (Å²) in [5.41, 5.74) is 0. The first-order valence-corrected chi connectivity index (χ1v) is 10.2. The molecule has 9 heteroatoms. The van der Waals surface area contributed by atoms with Gasteiger partial charge in [-0.3, -0.25) is 14.8 Å². The Morgan fingerprint density at radius 1 is 1.18 bits per heavy atom. The van der Waals surface area contributed by atoms with E-state index in [-0.39, 0.29) is 29.9 Å². The lowest BCUT2D eigenvalue weighted by atomic mass is 10.1. The molecule has 0 radical (unpaired) electrons. The first-order valence-electron chi connectivity index (χ1n) is 10.2. The molecule has 0 amide bonds.